The molecule has 0 saturated carbocycles. The van der Waals surface area contributed by atoms with Gasteiger partial charge in [-0.05, 0) is 30.7 Å². The lowest BCUT2D eigenvalue weighted by Crippen LogP contribution is -1.97. The molecule has 1 N–H and O–H groups in total. The van der Waals surface area contributed by atoms with Gasteiger partial charge >= 0.3 is 0 Å². The number of hydrogen-bond donors (Lipinski definition) is 1. The fourth-order valence-electron chi connectivity index (χ4n) is 1.32. The third-order valence-corrected chi connectivity index (χ3v) is 2.57. The van der Waals surface area contributed by atoms with Gasteiger partial charge in [0, 0.05) is 12.4 Å². The molecule has 0 amide bonds. The lowest BCUT2D eigenvalue weighted by Gasteiger charge is -2.08. The van der Waals surface area contributed by atoms with Gasteiger partial charge in [-0.15, -0.1) is 0 Å². The Balaban J connectivity index is 2.61. The second-order valence-corrected chi connectivity index (χ2v) is 3.37. The van der Waals surface area contributed by atoms with Crippen molar-refractivity contribution >= 4 is 11.6 Å². The van der Waals surface area contributed by atoms with E-state index >= 15 is 0 Å². The zero-order valence-corrected chi connectivity index (χ0v) is 8.36. The Morgan fingerprint density at radius 3 is 2.86 bits per heavy atom. The summed E-state index contributed by atoms with van der Waals surface area (Å²) in [6, 6.07) is 5.18. The average molecular weight is 209 g/mol. The maximum absolute atomic E-state index is 9.36. The van der Waals surface area contributed by atoms with Crippen LogP contribution >= 0.6 is 11.6 Å². The molecule has 0 aliphatic carbocycles. The molecule has 4 heteroatoms. The molecule has 0 atom stereocenters. The van der Waals surface area contributed by atoms with E-state index in [4.69, 9.17) is 11.6 Å². The highest BCUT2D eigenvalue weighted by Gasteiger charge is 2.08. The first-order chi connectivity index (χ1) is 6.70. The molecule has 0 unspecified atom stereocenters. The Morgan fingerprint density at radius 1 is 1.43 bits per heavy atom. The highest BCUT2D eigenvalue weighted by molar-refractivity contribution is 6.33. The maximum atomic E-state index is 9.36. The predicted octanol–water partition coefficient (Wildman–Crippen LogP) is 2.54. The number of halogens is 1. The SMILES string of the molecule is Cc1c(-n2cccn2)ccc(O)c1Cl. The van der Waals surface area contributed by atoms with Gasteiger partial charge in [-0.2, -0.15) is 5.10 Å². The number of aromatic hydroxyl groups is 1. The summed E-state index contributed by atoms with van der Waals surface area (Å²) in [5.41, 5.74) is 1.69. The highest BCUT2D eigenvalue weighted by atomic mass is 35.5. The number of rotatable bonds is 1. The van der Waals surface area contributed by atoms with E-state index < -0.39 is 0 Å². The molecular formula is C10H9ClN2O. The van der Waals surface area contributed by atoms with Gasteiger partial charge < -0.3 is 5.11 Å². The molecule has 0 saturated heterocycles. The van der Waals surface area contributed by atoms with Crippen molar-refractivity contribution in [3.05, 3.63) is 41.2 Å². The van der Waals surface area contributed by atoms with Gasteiger partial charge in [0.05, 0.1) is 10.7 Å². The first-order valence-corrected chi connectivity index (χ1v) is 4.56. The van der Waals surface area contributed by atoms with E-state index in [-0.39, 0.29) is 5.75 Å². The Hall–Kier alpha value is -1.48. The number of phenolic OH excluding ortho intramolecular Hbond substituents is 1. The van der Waals surface area contributed by atoms with Crippen LogP contribution in [0.4, 0.5) is 0 Å². The molecule has 72 valence electrons. The molecule has 2 rings (SSSR count). The summed E-state index contributed by atoms with van der Waals surface area (Å²) >= 11 is 5.91. The van der Waals surface area contributed by atoms with Crippen LogP contribution in [-0.2, 0) is 0 Å². The van der Waals surface area contributed by atoms with E-state index in [0.717, 1.165) is 11.3 Å². The lowest BCUT2D eigenvalue weighted by atomic mass is 10.2. The van der Waals surface area contributed by atoms with Crippen LogP contribution in [0.5, 0.6) is 5.75 Å². The topological polar surface area (TPSA) is 38.0 Å². The largest absolute Gasteiger partial charge is 0.506 e. The fourth-order valence-corrected chi connectivity index (χ4v) is 1.48. The van der Waals surface area contributed by atoms with Crippen molar-refractivity contribution < 1.29 is 5.11 Å². The van der Waals surface area contributed by atoms with Gasteiger partial charge in [-0.1, -0.05) is 11.6 Å². The first kappa shape index (κ1) is 9.09. The first-order valence-electron chi connectivity index (χ1n) is 4.18. The molecule has 0 aliphatic heterocycles. The molecule has 0 spiro atoms. The second kappa shape index (κ2) is 3.35. The summed E-state index contributed by atoms with van der Waals surface area (Å²) in [6.45, 7) is 1.85. The molecule has 0 fully saturated rings. The normalized spacial score (nSPS) is 10.4. The van der Waals surface area contributed by atoms with Gasteiger partial charge in [0.15, 0.2) is 0 Å². The van der Waals surface area contributed by atoms with Crippen molar-refractivity contribution in [2.24, 2.45) is 0 Å². The third kappa shape index (κ3) is 1.36. The fraction of sp³-hybridized carbons (Fsp3) is 0.100. The summed E-state index contributed by atoms with van der Waals surface area (Å²) in [4.78, 5) is 0. The maximum Gasteiger partial charge on any atom is 0.134 e. The minimum atomic E-state index is 0.0973. The Labute approximate surface area is 86.6 Å². The van der Waals surface area contributed by atoms with E-state index in [1.165, 1.54) is 0 Å². The minimum absolute atomic E-state index is 0.0973. The van der Waals surface area contributed by atoms with Gasteiger partial charge in [-0.3, -0.25) is 0 Å². The molecular weight excluding hydrogens is 200 g/mol. The molecule has 3 nitrogen and oxygen atoms in total. The number of nitrogens with zero attached hydrogens (tertiary/aromatic N) is 2. The lowest BCUT2D eigenvalue weighted by molar-refractivity contribution is 0.475. The van der Waals surface area contributed by atoms with E-state index in [9.17, 15) is 5.11 Å². The van der Waals surface area contributed by atoms with E-state index in [1.54, 1.807) is 23.0 Å². The molecule has 2 aromatic rings. The van der Waals surface area contributed by atoms with Crippen molar-refractivity contribution in [2.75, 3.05) is 0 Å². The van der Waals surface area contributed by atoms with Gasteiger partial charge in [0.25, 0.3) is 0 Å². The summed E-state index contributed by atoms with van der Waals surface area (Å²) in [5, 5.41) is 13.8. The average Bonchev–Trinajstić information content (AvgIpc) is 2.67. The summed E-state index contributed by atoms with van der Waals surface area (Å²) in [7, 11) is 0. The van der Waals surface area contributed by atoms with E-state index in [2.05, 4.69) is 5.10 Å². The van der Waals surface area contributed by atoms with Crippen LogP contribution in [0.3, 0.4) is 0 Å². The van der Waals surface area contributed by atoms with Crippen molar-refractivity contribution in [3.63, 3.8) is 0 Å². The zero-order valence-electron chi connectivity index (χ0n) is 7.61. The third-order valence-electron chi connectivity index (χ3n) is 2.09. The Kier molecular flexibility index (Phi) is 2.17. The minimum Gasteiger partial charge on any atom is -0.506 e. The van der Waals surface area contributed by atoms with Crippen LogP contribution in [0.25, 0.3) is 5.69 Å². The van der Waals surface area contributed by atoms with Gasteiger partial charge in [0.1, 0.15) is 5.75 Å². The molecule has 14 heavy (non-hydrogen) atoms. The van der Waals surface area contributed by atoms with Crippen molar-refractivity contribution in [1.82, 2.24) is 9.78 Å². The number of benzene rings is 1. The number of phenols is 1. The van der Waals surface area contributed by atoms with E-state index in [0.29, 0.717) is 5.02 Å². The summed E-state index contributed by atoms with van der Waals surface area (Å²) in [6.07, 6.45) is 3.52. The summed E-state index contributed by atoms with van der Waals surface area (Å²) < 4.78 is 1.71. The highest BCUT2D eigenvalue weighted by Crippen LogP contribution is 2.30. The van der Waals surface area contributed by atoms with Crippen molar-refractivity contribution in [3.8, 4) is 11.4 Å². The molecule has 0 radical (unpaired) electrons. The number of hydrogen-bond acceptors (Lipinski definition) is 2. The van der Waals surface area contributed by atoms with Crippen LogP contribution in [-0.4, -0.2) is 14.9 Å². The van der Waals surface area contributed by atoms with Crippen LogP contribution in [0.1, 0.15) is 5.56 Å². The molecule has 0 bridgehead atoms. The van der Waals surface area contributed by atoms with Crippen LogP contribution in [0, 0.1) is 6.92 Å². The zero-order chi connectivity index (χ0) is 10.1. The van der Waals surface area contributed by atoms with E-state index in [1.807, 2.05) is 19.2 Å². The van der Waals surface area contributed by atoms with Crippen molar-refractivity contribution in [1.29, 1.82) is 0 Å². The predicted molar refractivity (Wildman–Crippen MR) is 55.0 cm³/mol. The Bertz CT molecular complexity index is 451. The van der Waals surface area contributed by atoms with Crippen LogP contribution in [0.2, 0.25) is 5.02 Å². The monoisotopic (exact) mass is 208 g/mol. The van der Waals surface area contributed by atoms with Gasteiger partial charge in [-0.25, -0.2) is 4.68 Å². The molecule has 0 aliphatic rings. The quantitative estimate of drug-likeness (QED) is 0.782. The van der Waals surface area contributed by atoms with Crippen LogP contribution in [0.15, 0.2) is 30.6 Å². The number of aromatic nitrogens is 2. The molecule has 1 aromatic carbocycles. The smallest absolute Gasteiger partial charge is 0.134 e. The van der Waals surface area contributed by atoms with Gasteiger partial charge in [0.2, 0.25) is 0 Å². The second-order valence-electron chi connectivity index (χ2n) is 2.99. The van der Waals surface area contributed by atoms with Crippen LogP contribution < -0.4 is 0 Å². The standard InChI is InChI=1S/C10H9ClN2O/c1-7-8(13-6-2-5-12-13)3-4-9(14)10(7)11/h2-6,14H,1H3. The Morgan fingerprint density at radius 2 is 2.21 bits per heavy atom. The summed E-state index contributed by atoms with van der Waals surface area (Å²) in [5.74, 6) is 0.0973. The van der Waals surface area contributed by atoms with Crippen molar-refractivity contribution in [2.45, 2.75) is 6.92 Å². The molecule has 1 heterocycles. The molecule has 1 aromatic heterocycles.